The second-order valence-electron chi connectivity index (χ2n) is 8.45. The highest BCUT2D eigenvalue weighted by Gasteiger charge is 2.34. The molecule has 0 saturated carbocycles. The van der Waals surface area contributed by atoms with E-state index in [1.54, 1.807) is 0 Å². The van der Waals surface area contributed by atoms with Gasteiger partial charge in [0.05, 0.1) is 6.04 Å². The zero-order valence-electron chi connectivity index (χ0n) is 16.1. The summed E-state index contributed by atoms with van der Waals surface area (Å²) in [5.74, 6) is 3.65. The van der Waals surface area contributed by atoms with Crippen LogP contribution in [0.25, 0.3) is 0 Å². The summed E-state index contributed by atoms with van der Waals surface area (Å²) in [5, 5.41) is 12.4. The molecule has 1 aromatic rings. The maximum absolute atomic E-state index is 13.2. The molecule has 26 heavy (non-hydrogen) atoms. The molecule has 0 spiro atoms. The Hall–Kier alpha value is -1.43. The van der Waals surface area contributed by atoms with Crippen molar-refractivity contribution in [2.24, 2.45) is 11.8 Å². The molecule has 4 rings (SSSR count). The van der Waals surface area contributed by atoms with Gasteiger partial charge in [0, 0.05) is 25.9 Å². The maximum Gasteiger partial charge on any atom is 0.223 e. The number of aryl methyl sites for hydroxylation is 1. The van der Waals surface area contributed by atoms with E-state index in [2.05, 4.69) is 31.9 Å². The largest absolute Gasteiger partial charge is 0.332 e. The summed E-state index contributed by atoms with van der Waals surface area (Å²) < 4.78 is 2.30. The fraction of sp³-hybridized carbons (Fsp3) is 0.850. The second kappa shape index (κ2) is 8.07. The smallest absolute Gasteiger partial charge is 0.223 e. The Labute approximate surface area is 156 Å². The summed E-state index contributed by atoms with van der Waals surface area (Å²) in [7, 11) is 0. The SMILES string of the molecule is CC(CC(=O)N1CCCCC1c1nnc2n1CCCC2)C1CCNCC1. The van der Waals surface area contributed by atoms with Crippen molar-refractivity contribution >= 4 is 5.91 Å². The summed E-state index contributed by atoms with van der Waals surface area (Å²) in [6, 6.07) is 0.135. The molecule has 0 radical (unpaired) electrons. The first-order chi connectivity index (χ1) is 12.7. The molecule has 3 aliphatic heterocycles. The lowest BCUT2D eigenvalue weighted by Gasteiger charge is -2.37. The minimum absolute atomic E-state index is 0.135. The number of nitrogens with one attached hydrogen (secondary N) is 1. The average Bonchev–Trinajstić information content (AvgIpc) is 3.12. The number of rotatable bonds is 4. The molecule has 1 amide bonds. The van der Waals surface area contributed by atoms with Gasteiger partial charge in [-0.25, -0.2) is 0 Å². The van der Waals surface area contributed by atoms with Gasteiger partial charge in [-0.15, -0.1) is 10.2 Å². The Morgan fingerprint density at radius 2 is 1.92 bits per heavy atom. The second-order valence-corrected chi connectivity index (χ2v) is 8.45. The maximum atomic E-state index is 13.2. The van der Waals surface area contributed by atoms with Crippen molar-refractivity contribution in [2.45, 2.75) is 77.3 Å². The zero-order chi connectivity index (χ0) is 17.9. The van der Waals surface area contributed by atoms with Gasteiger partial charge in [-0.1, -0.05) is 6.92 Å². The molecule has 2 unspecified atom stereocenters. The topological polar surface area (TPSA) is 63.1 Å². The first kappa shape index (κ1) is 18.0. The van der Waals surface area contributed by atoms with Gasteiger partial charge in [-0.3, -0.25) is 4.79 Å². The van der Waals surface area contributed by atoms with Gasteiger partial charge >= 0.3 is 0 Å². The van der Waals surface area contributed by atoms with Crippen LogP contribution in [0.15, 0.2) is 0 Å². The first-order valence-electron chi connectivity index (χ1n) is 10.7. The van der Waals surface area contributed by atoms with Gasteiger partial charge in [0.15, 0.2) is 5.82 Å². The third-order valence-electron chi connectivity index (χ3n) is 6.69. The Bertz CT molecular complexity index is 622. The van der Waals surface area contributed by atoms with E-state index in [0.717, 1.165) is 57.1 Å². The average molecular weight is 360 g/mol. The number of piperidine rings is 2. The number of carbonyl (C=O) groups is 1. The standard InChI is InChI=1S/C20H33N5O/c1-15(16-8-10-21-11-9-16)14-19(26)24-12-4-2-6-17(24)20-23-22-18-7-3-5-13-25(18)20/h15-17,21H,2-14H2,1H3. The highest BCUT2D eigenvalue weighted by molar-refractivity contribution is 5.77. The van der Waals surface area contributed by atoms with Gasteiger partial charge in [0.2, 0.25) is 5.91 Å². The number of nitrogens with zero attached hydrogens (tertiary/aromatic N) is 4. The minimum Gasteiger partial charge on any atom is -0.332 e. The highest BCUT2D eigenvalue weighted by Crippen LogP contribution is 2.33. The molecule has 2 saturated heterocycles. The van der Waals surface area contributed by atoms with E-state index in [-0.39, 0.29) is 6.04 Å². The van der Waals surface area contributed by atoms with Gasteiger partial charge in [-0.05, 0) is 69.9 Å². The highest BCUT2D eigenvalue weighted by atomic mass is 16.2. The van der Waals surface area contributed by atoms with Crippen LogP contribution >= 0.6 is 0 Å². The minimum atomic E-state index is 0.135. The number of hydrogen-bond acceptors (Lipinski definition) is 4. The summed E-state index contributed by atoms with van der Waals surface area (Å²) >= 11 is 0. The third kappa shape index (κ3) is 3.66. The van der Waals surface area contributed by atoms with Crippen LogP contribution in [-0.2, 0) is 17.8 Å². The summed E-state index contributed by atoms with van der Waals surface area (Å²) in [6.07, 6.45) is 9.86. The van der Waals surface area contributed by atoms with E-state index in [0.29, 0.717) is 24.2 Å². The predicted molar refractivity (Wildman–Crippen MR) is 101 cm³/mol. The van der Waals surface area contributed by atoms with Crippen LogP contribution in [0.5, 0.6) is 0 Å². The number of amides is 1. The molecule has 0 bridgehead atoms. The number of likely N-dealkylation sites (tertiary alicyclic amines) is 1. The molecule has 2 fully saturated rings. The van der Waals surface area contributed by atoms with Gasteiger partial charge in [0.1, 0.15) is 5.82 Å². The van der Waals surface area contributed by atoms with Gasteiger partial charge in [-0.2, -0.15) is 0 Å². The van der Waals surface area contributed by atoms with Crippen molar-refractivity contribution in [3.05, 3.63) is 11.6 Å². The van der Waals surface area contributed by atoms with Crippen LogP contribution in [0.4, 0.5) is 0 Å². The fourth-order valence-electron chi connectivity index (χ4n) is 5.05. The lowest BCUT2D eigenvalue weighted by atomic mass is 9.83. The van der Waals surface area contributed by atoms with E-state index in [1.165, 1.54) is 32.1 Å². The van der Waals surface area contributed by atoms with Crippen molar-refractivity contribution in [1.29, 1.82) is 0 Å². The third-order valence-corrected chi connectivity index (χ3v) is 6.69. The Morgan fingerprint density at radius 3 is 2.77 bits per heavy atom. The molecule has 3 aliphatic rings. The number of aromatic nitrogens is 3. The summed E-state index contributed by atoms with van der Waals surface area (Å²) in [5.41, 5.74) is 0. The van der Waals surface area contributed by atoms with Gasteiger partial charge in [0.25, 0.3) is 0 Å². The molecule has 2 atom stereocenters. The number of hydrogen-bond donors (Lipinski definition) is 1. The monoisotopic (exact) mass is 359 g/mol. The lowest BCUT2D eigenvalue weighted by Crippen LogP contribution is -2.41. The van der Waals surface area contributed by atoms with E-state index in [9.17, 15) is 4.79 Å². The molecular weight excluding hydrogens is 326 g/mol. The molecule has 0 aromatic carbocycles. The Balaban J connectivity index is 1.46. The molecule has 4 heterocycles. The lowest BCUT2D eigenvalue weighted by molar-refractivity contribution is -0.136. The van der Waals surface area contributed by atoms with Crippen molar-refractivity contribution in [2.75, 3.05) is 19.6 Å². The molecular formula is C20H33N5O. The molecule has 6 nitrogen and oxygen atoms in total. The van der Waals surface area contributed by atoms with Crippen LogP contribution < -0.4 is 5.32 Å². The summed E-state index contributed by atoms with van der Waals surface area (Å²) in [6.45, 7) is 6.36. The van der Waals surface area contributed by atoms with Crippen molar-refractivity contribution in [1.82, 2.24) is 25.0 Å². The van der Waals surface area contributed by atoms with E-state index < -0.39 is 0 Å². The van der Waals surface area contributed by atoms with Crippen molar-refractivity contribution < 1.29 is 4.79 Å². The van der Waals surface area contributed by atoms with Crippen LogP contribution in [0.1, 0.15) is 76.0 Å². The van der Waals surface area contributed by atoms with Crippen LogP contribution in [-0.4, -0.2) is 45.2 Å². The normalized spacial score (nSPS) is 25.7. The zero-order valence-corrected chi connectivity index (χ0v) is 16.1. The summed E-state index contributed by atoms with van der Waals surface area (Å²) in [4.78, 5) is 15.3. The van der Waals surface area contributed by atoms with E-state index in [4.69, 9.17) is 0 Å². The molecule has 1 N–H and O–H groups in total. The molecule has 0 aliphatic carbocycles. The van der Waals surface area contributed by atoms with Gasteiger partial charge < -0.3 is 14.8 Å². The van der Waals surface area contributed by atoms with E-state index in [1.807, 2.05) is 0 Å². The molecule has 6 heteroatoms. The van der Waals surface area contributed by atoms with Crippen LogP contribution in [0, 0.1) is 11.8 Å². The Morgan fingerprint density at radius 1 is 1.12 bits per heavy atom. The molecule has 1 aromatic heterocycles. The molecule has 144 valence electrons. The van der Waals surface area contributed by atoms with Crippen molar-refractivity contribution in [3.63, 3.8) is 0 Å². The Kier molecular flexibility index (Phi) is 5.57. The first-order valence-corrected chi connectivity index (χ1v) is 10.7. The van der Waals surface area contributed by atoms with Crippen LogP contribution in [0.3, 0.4) is 0 Å². The predicted octanol–water partition coefficient (Wildman–Crippen LogP) is 2.69. The number of carbonyl (C=O) groups excluding carboxylic acids is 1. The van der Waals surface area contributed by atoms with Crippen LogP contribution in [0.2, 0.25) is 0 Å². The fourth-order valence-corrected chi connectivity index (χ4v) is 5.05. The van der Waals surface area contributed by atoms with Crippen molar-refractivity contribution in [3.8, 4) is 0 Å². The van der Waals surface area contributed by atoms with E-state index >= 15 is 0 Å². The quantitative estimate of drug-likeness (QED) is 0.898. The number of fused-ring (bicyclic) bond motifs is 1.